The highest BCUT2D eigenvalue weighted by atomic mass is 32.2. The van der Waals surface area contributed by atoms with E-state index in [2.05, 4.69) is 10.6 Å². The van der Waals surface area contributed by atoms with Gasteiger partial charge >= 0.3 is 6.03 Å². The number of ether oxygens (including phenoxy) is 1. The van der Waals surface area contributed by atoms with Gasteiger partial charge in [-0.15, -0.1) is 0 Å². The van der Waals surface area contributed by atoms with Crippen LogP contribution in [0.2, 0.25) is 0 Å². The van der Waals surface area contributed by atoms with Crippen LogP contribution >= 0.6 is 0 Å². The van der Waals surface area contributed by atoms with Crippen molar-refractivity contribution in [2.75, 3.05) is 37.4 Å². The zero-order chi connectivity index (χ0) is 31.4. The number of nitrogens with one attached hydrogen (secondary N) is 2. The number of sulfonamides is 1. The summed E-state index contributed by atoms with van der Waals surface area (Å²) in [6.07, 6.45) is -0.706. The normalized spacial score (nSPS) is 17.8. The molecule has 0 radical (unpaired) electrons. The topological polar surface area (TPSA) is 128 Å². The molecule has 3 N–H and O–H groups in total. The average molecular weight is 617 g/mol. The molecule has 10 nitrogen and oxygen atoms in total. The van der Waals surface area contributed by atoms with Crippen LogP contribution in [0, 0.1) is 5.92 Å². The molecule has 1 aliphatic heterocycles. The van der Waals surface area contributed by atoms with Gasteiger partial charge < -0.3 is 25.4 Å². The lowest BCUT2D eigenvalue weighted by molar-refractivity contribution is 0.0389. The molecular formula is C33H36N4O6S. The van der Waals surface area contributed by atoms with Gasteiger partial charge in [-0.3, -0.25) is 4.79 Å². The van der Waals surface area contributed by atoms with Crippen molar-refractivity contribution in [3.05, 3.63) is 96.6 Å². The Bertz CT molecular complexity index is 1760. The van der Waals surface area contributed by atoms with E-state index < -0.39 is 28.2 Å². The fourth-order valence-electron chi connectivity index (χ4n) is 5.29. The molecule has 4 aromatic rings. The molecule has 1 aliphatic rings. The number of benzene rings is 4. The van der Waals surface area contributed by atoms with Gasteiger partial charge in [0, 0.05) is 24.9 Å². The highest BCUT2D eigenvalue weighted by molar-refractivity contribution is 7.89. The summed E-state index contributed by atoms with van der Waals surface area (Å²) in [5.74, 6) is -0.579. The Balaban J connectivity index is 1.48. The zero-order valence-corrected chi connectivity index (χ0v) is 25.6. The summed E-state index contributed by atoms with van der Waals surface area (Å²) in [4.78, 5) is 28.8. The van der Waals surface area contributed by atoms with E-state index in [1.807, 2.05) is 43.3 Å². The van der Waals surface area contributed by atoms with Gasteiger partial charge in [-0.05, 0) is 42.6 Å². The van der Waals surface area contributed by atoms with E-state index in [0.29, 0.717) is 5.69 Å². The van der Waals surface area contributed by atoms with Crippen LogP contribution in [0.4, 0.5) is 16.2 Å². The van der Waals surface area contributed by atoms with Crippen LogP contribution in [0.1, 0.15) is 24.2 Å². The molecule has 0 bridgehead atoms. The van der Waals surface area contributed by atoms with Crippen LogP contribution in [0.3, 0.4) is 0 Å². The van der Waals surface area contributed by atoms with Gasteiger partial charge in [-0.1, -0.05) is 67.6 Å². The van der Waals surface area contributed by atoms with Crippen LogP contribution in [-0.4, -0.2) is 73.6 Å². The number of anilines is 2. The van der Waals surface area contributed by atoms with Crippen molar-refractivity contribution in [2.45, 2.75) is 30.9 Å². The quantitative estimate of drug-likeness (QED) is 0.255. The average Bonchev–Trinajstić information content (AvgIpc) is 3.03. The zero-order valence-electron chi connectivity index (χ0n) is 24.8. The third kappa shape index (κ3) is 6.40. The van der Waals surface area contributed by atoms with Gasteiger partial charge in [0.05, 0.1) is 41.0 Å². The second-order valence-electron chi connectivity index (χ2n) is 11.0. The van der Waals surface area contributed by atoms with Crippen LogP contribution in [-0.2, 0) is 10.0 Å². The lowest BCUT2D eigenvalue weighted by Gasteiger charge is -2.38. The number of urea groups is 1. The van der Waals surface area contributed by atoms with Gasteiger partial charge in [0.25, 0.3) is 5.91 Å². The highest BCUT2D eigenvalue weighted by Gasteiger charge is 2.36. The van der Waals surface area contributed by atoms with Gasteiger partial charge in [0.2, 0.25) is 10.0 Å². The molecule has 5 rings (SSSR count). The lowest BCUT2D eigenvalue weighted by Crippen LogP contribution is -2.50. The molecule has 0 aliphatic carbocycles. The first-order valence-corrected chi connectivity index (χ1v) is 15.8. The molecule has 3 atom stereocenters. The third-order valence-electron chi connectivity index (χ3n) is 7.87. The first kappa shape index (κ1) is 31.0. The summed E-state index contributed by atoms with van der Waals surface area (Å²) in [7, 11) is -2.35. The van der Waals surface area contributed by atoms with Crippen LogP contribution in [0.25, 0.3) is 10.8 Å². The summed E-state index contributed by atoms with van der Waals surface area (Å²) in [6, 6.07) is 25.2. The molecule has 4 aromatic carbocycles. The minimum absolute atomic E-state index is 0.0239. The van der Waals surface area contributed by atoms with E-state index in [-0.39, 0.29) is 53.4 Å². The van der Waals surface area contributed by atoms with Crippen LogP contribution in [0.5, 0.6) is 5.75 Å². The first-order valence-electron chi connectivity index (χ1n) is 14.4. The van der Waals surface area contributed by atoms with Crippen molar-refractivity contribution in [3.63, 3.8) is 0 Å². The maximum Gasteiger partial charge on any atom is 0.323 e. The maximum atomic E-state index is 13.8. The number of hydrogen-bond donors (Lipinski definition) is 3. The Kier molecular flexibility index (Phi) is 9.19. The van der Waals surface area contributed by atoms with E-state index in [4.69, 9.17) is 4.74 Å². The fourth-order valence-corrected chi connectivity index (χ4v) is 6.50. The predicted molar refractivity (Wildman–Crippen MR) is 170 cm³/mol. The molecule has 3 amide bonds. The molecule has 0 aromatic heterocycles. The van der Waals surface area contributed by atoms with Gasteiger partial charge in [0.15, 0.2) is 5.75 Å². The fraction of sp³-hybridized carbons (Fsp3) is 0.273. The number of likely N-dealkylation sites (N-methyl/N-ethyl adjacent to an activating group) is 1. The van der Waals surface area contributed by atoms with Crippen molar-refractivity contribution < 1.29 is 27.9 Å². The summed E-state index contributed by atoms with van der Waals surface area (Å²) in [5, 5.41) is 17.5. The Morgan fingerprint density at radius 3 is 2.36 bits per heavy atom. The molecule has 44 heavy (non-hydrogen) atoms. The predicted octanol–water partition coefficient (Wildman–Crippen LogP) is 5.02. The van der Waals surface area contributed by atoms with E-state index in [1.54, 1.807) is 54.3 Å². The monoisotopic (exact) mass is 616 g/mol. The molecular weight excluding hydrogens is 580 g/mol. The second-order valence-corrected chi connectivity index (χ2v) is 13.1. The maximum absolute atomic E-state index is 13.8. The Hall–Kier alpha value is -4.45. The molecule has 0 unspecified atom stereocenters. The number of para-hydroxylation sites is 1. The van der Waals surface area contributed by atoms with Crippen molar-refractivity contribution >= 4 is 44.1 Å². The van der Waals surface area contributed by atoms with Gasteiger partial charge in [-0.25, -0.2) is 13.2 Å². The van der Waals surface area contributed by atoms with Crippen LogP contribution < -0.4 is 15.4 Å². The molecule has 230 valence electrons. The van der Waals surface area contributed by atoms with Crippen molar-refractivity contribution in [3.8, 4) is 5.75 Å². The lowest BCUT2D eigenvalue weighted by atomic mass is 9.99. The molecule has 0 spiro atoms. The SMILES string of the molecule is C[C@H]1CN([C@@H](C)CO)C(=O)c2cccc(NC(=O)Nc3cccc4ccccc34)c2O[C@H]1CN(C)S(=O)(=O)c1ccccc1. The number of fused-ring (bicyclic) bond motifs is 2. The minimum atomic E-state index is -3.83. The molecule has 0 saturated carbocycles. The standard InChI is InChI=1S/C33H36N4O6S/c1-22-19-37(23(2)21-38)32(39)27-16-10-18-29(35-33(40)34-28-17-9-12-24-11-7-8-15-26(24)28)31(27)43-30(22)20-36(3)44(41,42)25-13-5-4-6-14-25/h4-18,22-23,30,38H,19-21H2,1-3H3,(H2,34,35,40)/t22-,23-,30-/m0/s1. The van der Waals surface area contributed by atoms with Crippen LogP contribution in [0.15, 0.2) is 95.9 Å². The summed E-state index contributed by atoms with van der Waals surface area (Å²) in [5.41, 5.74) is 1.05. The van der Waals surface area contributed by atoms with Crippen molar-refractivity contribution in [1.82, 2.24) is 9.21 Å². The smallest absolute Gasteiger partial charge is 0.323 e. The summed E-state index contributed by atoms with van der Waals surface area (Å²) in [6.45, 7) is 3.56. The van der Waals surface area contributed by atoms with Crippen molar-refractivity contribution in [2.24, 2.45) is 5.92 Å². The number of carbonyl (C=O) groups is 2. The van der Waals surface area contributed by atoms with Crippen molar-refractivity contribution in [1.29, 1.82) is 0 Å². The number of hydrogen-bond acceptors (Lipinski definition) is 6. The summed E-state index contributed by atoms with van der Waals surface area (Å²) >= 11 is 0. The minimum Gasteiger partial charge on any atom is -0.486 e. The van der Waals surface area contributed by atoms with E-state index in [1.165, 1.54) is 23.5 Å². The van der Waals surface area contributed by atoms with E-state index in [0.717, 1.165) is 10.8 Å². The molecule has 0 fully saturated rings. The number of aliphatic hydroxyl groups excluding tert-OH is 1. The number of rotatable bonds is 8. The molecule has 11 heteroatoms. The van der Waals surface area contributed by atoms with Gasteiger partial charge in [-0.2, -0.15) is 4.31 Å². The number of aliphatic hydroxyl groups is 1. The largest absolute Gasteiger partial charge is 0.486 e. The number of carbonyl (C=O) groups excluding carboxylic acids is 2. The number of nitrogens with zero attached hydrogens (tertiary/aromatic N) is 2. The summed E-state index contributed by atoms with van der Waals surface area (Å²) < 4.78 is 34.4. The third-order valence-corrected chi connectivity index (χ3v) is 9.70. The molecule has 0 saturated heterocycles. The Morgan fingerprint density at radius 2 is 1.61 bits per heavy atom. The Labute approximate surface area is 257 Å². The highest BCUT2D eigenvalue weighted by Crippen LogP contribution is 2.35. The van der Waals surface area contributed by atoms with E-state index in [9.17, 15) is 23.1 Å². The van der Waals surface area contributed by atoms with Gasteiger partial charge in [0.1, 0.15) is 6.10 Å². The Morgan fingerprint density at radius 1 is 0.977 bits per heavy atom. The number of amides is 3. The first-order chi connectivity index (χ1) is 21.1. The second kappa shape index (κ2) is 13.0. The molecule has 1 heterocycles. The van der Waals surface area contributed by atoms with E-state index >= 15 is 0 Å².